The Bertz CT molecular complexity index is 793. The van der Waals surface area contributed by atoms with Gasteiger partial charge in [0.15, 0.2) is 11.5 Å². The van der Waals surface area contributed by atoms with Crippen molar-refractivity contribution in [2.45, 2.75) is 26.0 Å². The molecule has 2 aromatic carbocycles. The van der Waals surface area contributed by atoms with Gasteiger partial charge in [-0.05, 0) is 36.7 Å². The smallest absolute Gasteiger partial charge is 0.161 e. The summed E-state index contributed by atoms with van der Waals surface area (Å²) in [6.45, 7) is 1.81. The Morgan fingerprint density at radius 2 is 1.81 bits per heavy atom. The highest BCUT2D eigenvalue weighted by atomic mass is 16.5. The van der Waals surface area contributed by atoms with Crippen molar-refractivity contribution in [2.75, 3.05) is 20.7 Å². The van der Waals surface area contributed by atoms with Crippen LogP contribution in [0, 0.1) is 28.6 Å². The van der Waals surface area contributed by atoms with Crippen molar-refractivity contribution >= 4 is 0 Å². The van der Waals surface area contributed by atoms with Crippen LogP contribution in [0.5, 0.6) is 11.5 Å². The van der Waals surface area contributed by atoms with Crippen molar-refractivity contribution in [1.82, 2.24) is 4.90 Å². The lowest BCUT2D eigenvalue weighted by Gasteiger charge is -2.20. The van der Waals surface area contributed by atoms with Crippen LogP contribution in [0.25, 0.3) is 0 Å². The summed E-state index contributed by atoms with van der Waals surface area (Å²) in [6, 6.07) is 20.3. The molecule has 0 saturated carbocycles. The summed E-state index contributed by atoms with van der Waals surface area (Å²) >= 11 is 0. The number of hydrogen-bond donors (Lipinski definition) is 0. The normalized spacial score (nSPS) is 11.4. The van der Waals surface area contributed by atoms with Crippen LogP contribution < -0.4 is 9.47 Å². The highest BCUT2D eigenvalue weighted by Gasteiger charge is 2.12. The van der Waals surface area contributed by atoms with Crippen LogP contribution >= 0.6 is 0 Å². The second-order valence-corrected chi connectivity index (χ2v) is 6.48. The fourth-order valence-electron chi connectivity index (χ4n) is 2.85. The molecule has 0 aromatic heterocycles. The maximum atomic E-state index is 9.22. The summed E-state index contributed by atoms with van der Waals surface area (Å²) in [4.78, 5) is 2.09. The van der Waals surface area contributed by atoms with Crippen LogP contribution in [0.4, 0.5) is 0 Å². The number of ether oxygens (including phenoxy) is 2. The molecule has 5 nitrogen and oxygen atoms in total. The van der Waals surface area contributed by atoms with Crippen LogP contribution in [0.1, 0.15) is 24.0 Å². The quantitative estimate of drug-likeness (QED) is 0.634. The third-order valence-electron chi connectivity index (χ3n) is 4.24. The number of nitrogens with zero attached hydrogens (tertiary/aromatic N) is 3. The Balaban J connectivity index is 1.96. The van der Waals surface area contributed by atoms with Crippen molar-refractivity contribution in [2.24, 2.45) is 5.92 Å². The number of benzene rings is 2. The molecule has 0 saturated heterocycles. The SMILES string of the molecule is COc1cc(CN(C)C[C@H](C#N)CCC#N)ccc1OCc1ccccc1. The Hall–Kier alpha value is -3.02. The fourth-order valence-corrected chi connectivity index (χ4v) is 2.85. The molecule has 0 heterocycles. The van der Waals surface area contributed by atoms with Crippen LogP contribution in [0.3, 0.4) is 0 Å². The zero-order valence-corrected chi connectivity index (χ0v) is 15.9. The lowest BCUT2D eigenvalue weighted by Crippen LogP contribution is -2.24. The van der Waals surface area contributed by atoms with E-state index in [9.17, 15) is 5.26 Å². The second-order valence-electron chi connectivity index (χ2n) is 6.48. The molecule has 0 aliphatic heterocycles. The maximum absolute atomic E-state index is 9.22. The molecular weight excluding hydrogens is 338 g/mol. The second kappa shape index (κ2) is 10.9. The van der Waals surface area contributed by atoms with Gasteiger partial charge in [-0.15, -0.1) is 0 Å². The topological polar surface area (TPSA) is 69.3 Å². The van der Waals surface area contributed by atoms with Gasteiger partial charge >= 0.3 is 0 Å². The van der Waals surface area contributed by atoms with Crippen LogP contribution in [-0.4, -0.2) is 25.6 Å². The molecule has 0 aliphatic carbocycles. The predicted molar refractivity (Wildman–Crippen MR) is 104 cm³/mol. The van der Waals surface area contributed by atoms with Gasteiger partial charge in [-0.2, -0.15) is 10.5 Å². The third kappa shape index (κ3) is 6.66. The Labute approximate surface area is 161 Å². The summed E-state index contributed by atoms with van der Waals surface area (Å²) in [6.07, 6.45) is 1.01. The van der Waals surface area contributed by atoms with Crippen LogP contribution in [0.2, 0.25) is 0 Å². The highest BCUT2D eigenvalue weighted by molar-refractivity contribution is 5.43. The van der Waals surface area contributed by atoms with Gasteiger partial charge in [0.2, 0.25) is 0 Å². The molecule has 27 heavy (non-hydrogen) atoms. The van der Waals surface area contributed by atoms with Crippen molar-refractivity contribution in [1.29, 1.82) is 10.5 Å². The average molecular weight is 363 g/mol. The van der Waals surface area contributed by atoms with E-state index in [-0.39, 0.29) is 5.92 Å². The monoisotopic (exact) mass is 363 g/mol. The summed E-state index contributed by atoms with van der Waals surface area (Å²) in [5.41, 5.74) is 2.18. The first kappa shape index (κ1) is 20.3. The fraction of sp³-hybridized carbons (Fsp3) is 0.364. The lowest BCUT2D eigenvalue weighted by atomic mass is 10.0. The lowest BCUT2D eigenvalue weighted by molar-refractivity contribution is 0.279. The minimum absolute atomic E-state index is 0.134. The van der Waals surface area contributed by atoms with Crippen LogP contribution in [-0.2, 0) is 13.2 Å². The highest BCUT2D eigenvalue weighted by Crippen LogP contribution is 2.29. The van der Waals surface area contributed by atoms with E-state index in [1.165, 1.54) is 0 Å². The molecule has 0 N–H and O–H groups in total. The summed E-state index contributed by atoms with van der Waals surface area (Å²) < 4.78 is 11.4. The number of methoxy groups -OCH3 is 1. The van der Waals surface area contributed by atoms with Crippen molar-refractivity contribution in [3.63, 3.8) is 0 Å². The summed E-state index contributed by atoms with van der Waals surface area (Å²) in [5.74, 6) is 1.26. The summed E-state index contributed by atoms with van der Waals surface area (Å²) in [7, 11) is 3.61. The number of nitriles is 2. The molecule has 5 heteroatoms. The van der Waals surface area contributed by atoms with Crippen molar-refractivity contribution in [3.05, 3.63) is 59.7 Å². The van der Waals surface area contributed by atoms with E-state index in [1.54, 1.807) is 7.11 Å². The van der Waals surface area contributed by atoms with Gasteiger partial charge in [0, 0.05) is 19.5 Å². The van der Waals surface area contributed by atoms with E-state index < -0.39 is 0 Å². The molecule has 2 rings (SSSR count). The number of hydrogen-bond acceptors (Lipinski definition) is 5. The van der Waals surface area contributed by atoms with Gasteiger partial charge in [-0.1, -0.05) is 36.4 Å². The Morgan fingerprint density at radius 1 is 1.04 bits per heavy atom. The average Bonchev–Trinajstić information content (AvgIpc) is 2.70. The molecule has 0 unspecified atom stereocenters. The van der Waals surface area contributed by atoms with Crippen molar-refractivity contribution < 1.29 is 9.47 Å². The number of rotatable bonds is 10. The van der Waals surface area contributed by atoms with E-state index in [2.05, 4.69) is 17.0 Å². The molecule has 2 aromatic rings. The maximum Gasteiger partial charge on any atom is 0.161 e. The van der Waals surface area contributed by atoms with Crippen LogP contribution in [0.15, 0.2) is 48.5 Å². The molecule has 0 aliphatic rings. The van der Waals surface area contributed by atoms with E-state index in [0.717, 1.165) is 11.1 Å². The van der Waals surface area contributed by atoms with E-state index in [4.69, 9.17) is 14.7 Å². The zero-order valence-electron chi connectivity index (χ0n) is 15.9. The third-order valence-corrected chi connectivity index (χ3v) is 4.24. The minimum Gasteiger partial charge on any atom is -0.493 e. The largest absolute Gasteiger partial charge is 0.493 e. The Kier molecular flexibility index (Phi) is 8.16. The van der Waals surface area contributed by atoms with Gasteiger partial charge in [-0.25, -0.2) is 0 Å². The predicted octanol–water partition coefficient (Wildman–Crippen LogP) is 4.15. The molecule has 0 fully saturated rings. The van der Waals surface area contributed by atoms with Crippen molar-refractivity contribution in [3.8, 4) is 23.6 Å². The first-order chi connectivity index (χ1) is 13.2. The minimum atomic E-state index is -0.134. The van der Waals surface area contributed by atoms with Gasteiger partial charge in [-0.3, -0.25) is 0 Å². The molecule has 1 atom stereocenters. The standard InChI is InChI=1S/C22H25N3O2/c1-25(16-20(14-24)9-6-12-23)15-19-10-11-21(22(13-19)26-2)27-17-18-7-4-3-5-8-18/h3-5,7-8,10-11,13,20H,6,9,15-17H2,1-2H3/t20-/m0/s1. The summed E-state index contributed by atoms with van der Waals surface area (Å²) in [5, 5.41) is 17.9. The first-order valence-corrected chi connectivity index (χ1v) is 8.95. The molecular formula is C22H25N3O2. The molecule has 0 amide bonds. The van der Waals surface area contributed by atoms with E-state index in [1.807, 2.05) is 55.6 Å². The molecule has 0 radical (unpaired) electrons. The van der Waals surface area contributed by atoms with Gasteiger partial charge < -0.3 is 14.4 Å². The van der Waals surface area contributed by atoms with Gasteiger partial charge in [0.05, 0.1) is 25.2 Å². The van der Waals surface area contributed by atoms with E-state index in [0.29, 0.717) is 44.0 Å². The molecule has 0 bridgehead atoms. The van der Waals surface area contributed by atoms with E-state index >= 15 is 0 Å². The van der Waals surface area contributed by atoms with Gasteiger partial charge in [0.25, 0.3) is 0 Å². The zero-order chi connectivity index (χ0) is 19.5. The molecule has 140 valence electrons. The van der Waals surface area contributed by atoms with Gasteiger partial charge in [0.1, 0.15) is 6.61 Å². The Morgan fingerprint density at radius 3 is 2.48 bits per heavy atom. The molecule has 0 spiro atoms. The first-order valence-electron chi connectivity index (χ1n) is 8.95.